The van der Waals surface area contributed by atoms with Crippen molar-refractivity contribution in [1.82, 2.24) is 4.72 Å². The summed E-state index contributed by atoms with van der Waals surface area (Å²) in [4.78, 5) is -0.442. The van der Waals surface area contributed by atoms with Crippen molar-refractivity contribution in [2.45, 2.75) is 37.5 Å². The van der Waals surface area contributed by atoms with E-state index in [-0.39, 0.29) is 11.1 Å². The number of sulfonamides is 1. The summed E-state index contributed by atoms with van der Waals surface area (Å²) in [5, 5.41) is 0. The second kappa shape index (κ2) is 5.09. The van der Waals surface area contributed by atoms with Crippen molar-refractivity contribution in [1.29, 1.82) is 0 Å². The quantitative estimate of drug-likeness (QED) is 0.788. The van der Waals surface area contributed by atoms with E-state index in [9.17, 15) is 12.8 Å². The number of halogens is 1. The van der Waals surface area contributed by atoms with E-state index in [2.05, 4.69) is 11.6 Å². The number of nitrogens with one attached hydrogen (secondary N) is 1. The summed E-state index contributed by atoms with van der Waals surface area (Å²) >= 11 is 0. The molecule has 1 fully saturated rings. The zero-order valence-corrected chi connectivity index (χ0v) is 11.8. The van der Waals surface area contributed by atoms with Gasteiger partial charge in [-0.1, -0.05) is 19.4 Å². The summed E-state index contributed by atoms with van der Waals surface area (Å²) in [6.07, 6.45) is 4.05. The van der Waals surface area contributed by atoms with E-state index < -0.39 is 20.7 Å². The van der Waals surface area contributed by atoms with Crippen LogP contribution in [0.3, 0.4) is 0 Å². The highest BCUT2D eigenvalue weighted by Gasteiger charge is 2.42. The molecule has 0 bridgehead atoms. The number of anilines is 1. The number of nitrogens with two attached hydrogens (primary N) is 1. The van der Waals surface area contributed by atoms with Gasteiger partial charge in [0.05, 0.1) is 5.69 Å². The topological polar surface area (TPSA) is 72.2 Å². The normalized spacial score (nSPS) is 17.4. The SMILES string of the molecule is CCCC1(CNS(=O)(=O)c2c(N)cccc2F)CC1. The van der Waals surface area contributed by atoms with Crippen molar-refractivity contribution in [2.24, 2.45) is 5.41 Å². The Bertz CT molecular complexity index is 548. The van der Waals surface area contributed by atoms with E-state index in [1.807, 2.05) is 0 Å². The van der Waals surface area contributed by atoms with Gasteiger partial charge in [-0.3, -0.25) is 0 Å². The third-order valence-electron chi connectivity index (χ3n) is 3.64. The van der Waals surface area contributed by atoms with Crippen LogP contribution in [-0.4, -0.2) is 15.0 Å². The first-order valence-corrected chi connectivity index (χ1v) is 7.92. The second-order valence-corrected chi connectivity index (χ2v) is 6.94. The molecule has 0 aromatic heterocycles. The van der Waals surface area contributed by atoms with Gasteiger partial charge in [-0.05, 0) is 36.8 Å². The van der Waals surface area contributed by atoms with E-state index in [0.29, 0.717) is 6.54 Å². The molecule has 2 rings (SSSR count). The zero-order valence-electron chi connectivity index (χ0n) is 10.9. The van der Waals surface area contributed by atoms with Crippen LogP contribution in [-0.2, 0) is 10.0 Å². The number of hydrogen-bond donors (Lipinski definition) is 2. The summed E-state index contributed by atoms with van der Waals surface area (Å²) < 4.78 is 40.4. The van der Waals surface area contributed by atoms with Gasteiger partial charge >= 0.3 is 0 Å². The molecule has 0 atom stereocenters. The average molecular weight is 286 g/mol. The Morgan fingerprint density at radius 2 is 2.11 bits per heavy atom. The van der Waals surface area contributed by atoms with Gasteiger partial charge in [0.15, 0.2) is 0 Å². The van der Waals surface area contributed by atoms with Gasteiger partial charge in [-0.2, -0.15) is 0 Å². The monoisotopic (exact) mass is 286 g/mol. The molecular formula is C13H19FN2O2S. The van der Waals surface area contributed by atoms with Crippen LogP contribution in [0.25, 0.3) is 0 Å². The van der Waals surface area contributed by atoms with Gasteiger partial charge in [0, 0.05) is 6.54 Å². The minimum Gasteiger partial charge on any atom is -0.398 e. The molecule has 6 heteroatoms. The standard InChI is InChI=1S/C13H19FN2O2S/c1-2-6-13(7-8-13)9-16-19(17,18)12-10(14)4-3-5-11(12)15/h3-5,16H,2,6-9,15H2,1H3. The molecule has 3 N–H and O–H groups in total. The lowest BCUT2D eigenvalue weighted by atomic mass is 10.0. The predicted molar refractivity (Wildman–Crippen MR) is 72.6 cm³/mol. The molecule has 0 unspecified atom stereocenters. The van der Waals surface area contributed by atoms with Crippen LogP contribution in [0.4, 0.5) is 10.1 Å². The fourth-order valence-electron chi connectivity index (χ4n) is 2.35. The predicted octanol–water partition coefficient (Wildman–Crippen LogP) is 2.27. The Balaban J connectivity index is 2.15. The maximum absolute atomic E-state index is 13.6. The van der Waals surface area contributed by atoms with Gasteiger partial charge in [0.2, 0.25) is 10.0 Å². The minimum atomic E-state index is -3.88. The van der Waals surface area contributed by atoms with E-state index >= 15 is 0 Å². The highest BCUT2D eigenvalue weighted by molar-refractivity contribution is 7.89. The van der Waals surface area contributed by atoms with E-state index in [4.69, 9.17) is 5.73 Å². The summed E-state index contributed by atoms with van der Waals surface area (Å²) in [5.41, 5.74) is 5.57. The molecule has 0 radical (unpaired) electrons. The van der Waals surface area contributed by atoms with Gasteiger partial charge < -0.3 is 5.73 Å². The van der Waals surface area contributed by atoms with Crippen LogP contribution in [0.1, 0.15) is 32.6 Å². The molecule has 0 heterocycles. The summed E-state index contributed by atoms with van der Waals surface area (Å²) in [6, 6.07) is 3.88. The minimum absolute atomic E-state index is 0.0622. The highest BCUT2D eigenvalue weighted by Crippen LogP contribution is 2.49. The Labute approximate surface area is 113 Å². The molecule has 0 aliphatic heterocycles. The molecular weight excluding hydrogens is 267 g/mol. The van der Waals surface area contributed by atoms with Crippen molar-refractivity contribution in [2.75, 3.05) is 12.3 Å². The maximum atomic E-state index is 13.6. The first-order valence-electron chi connectivity index (χ1n) is 6.44. The fourth-order valence-corrected chi connectivity index (χ4v) is 3.70. The van der Waals surface area contributed by atoms with Gasteiger partial charge in [-0.25, -0.2) is 17.5 Å². The lowest BCUT2D eigenvalue weighted by Gasteiger charge is -2.16. The summed E-state index contributed by atoms with van der Waals surface area (Å²) in [6.45, 7) is 2.43. The number of nitrogen functional groups attached to an aromatic ring is 1. The average Bonchev–Trinajstić information content (AvgIpc) is 3.07. The molecule has 0 saturated heterocycles. The zero-order chi connectivity index (χ0) is 14.1. The molecule has 4 nitrogen and oxygen atoms in total. The number of rotatable bonds is 6. The second-order valence-electron chi connectivity index (χ2n) is 5.23. The lowest BCUT2D eigenvalue weighted by molar-refractivity contribution is 0.448. The van der Waals surface area contributed by atoms with Crippen LogP contribution in [0.15, 0.2) is 23.1 Å². The molecule has 0 amide bonds. The molecule has 19 heavy (non-hydrogen) atoms. The van der Waals surface area contributed by atoms with E-state index in [1.165, 1.54) is 12.1 Å². The van der Waals surface area contributed by atoms with E-state index in [0.717, 1.165) is 31.7 Å². The molecule has 1 aliphatic rings. The van der Waals surface area contributed by atoms with Crippen molar-refractivity contribution in [3.05, 3.63) is 24.0 Å². The van der Waals surface area contributed by atoms with Crippen molar-refractivity contribution >= 4 is 15.7 Å². The van der Waals surface area contributed by atoms with Gasteiger partial charge in [0.25, 0.3) is 0 Å². The van der Waals surface area contributed by atoms with E-state index in [1.54, 1.807) is 0 Å². The Hall–Kier alpha value is -1.14. The summed E-state index contributed by atoms with van der Waals surface area (Å²) in [7, 11) is -3.88. The van der Waals surface area contributed by atoms with Crippen molar-refractivity contribution < 1.29 is 12.8 Å². The third kappa shape index (κ3) is 3.06. The Morgan fingerprint density at radius 3 is 2.63 bits per heavy atom. The van der Waals surface area contributed by atoms with Crippen LogP contribution >= 0.6 is 0 Å². The fraction of sp³-hybridized carbons (Fsp3) is 0.538. The van der Waals surface area contributed by atoms with Crippen molar-refractivity contribution in [3.63, 3.8) is 0 Å². The van der Waals surface area contributed by atoms with Crippen LogP contribution in [0.2, 0.25) is 0 Å². The van der Waals surface area contributed by atoms with Crippen LogP contribution < -0.4 is 10.5 Å². The molecule has 0 spiro atoms. The highest BCUT2D eigenvalue weighted by atomic mass is 32.2. The van der Waals surface area contributed by atoms with Crippen LogP contribution in [0, 0.1) is 11.2 Å². The number of hydrogen-bond acceptors (Lipinski definition) is 3. The van der Waals surface area contributed by atoms with Gasteiger partial charge in [-0.15, -0.1) is 0 Å². The lowest BCUT2D eigenvalue weighted by Crippen LogP contribution is -2.31. The molecule has 1 aromatic rings. The van der Waals surface area contributed by atoms with Crippen molar-refractivity contribution in [3.8, 4) is 0 Å². The molecule has 1 aliphatic carbocycles. The Morgan fingerprint density at radius 1 is 1.42 bits per heavy atom. The molecule has 1 saturated carbocycles. The molecule has 106 valence electrons. The van der Waals surface area contributed by atoms with Crippen LogP contribution in [0.5, 0.6) is 0 Å². The third-order valence-corrected chi connectivity index (χ3v) is 5.13. The maximum Gasteiger partial charge on any atom is 0.245 e. The smallest absolute Gasteiger partial charge is 0.245 e. The summed E-state index contributed by atoms with van der Waals surface area (Å²) in [5.74, 6) is -0.812. The molecule has 1 aromatic carbocycles. The first kappa shape index (κ1) is 14.3. The first-order chi connectivity index (χ1) is 8.90. The number of benzene rings is 1. The largest absolute Gasteiger partial charge is 0.398 e. The van der Waals surface area contributed by atoms with Gasteiger partial charge in [0.1, 0.15) is 10.7 Å². The Kier molecular flexibility index (Phi) is 3.82.